The standard InChI is InChI=1S/C18H14N2O4/c21-14-5-6-16(22)13(7-14)10-19-20-18(24)15-8-11-3-1-2-4-12(11)9-17(15)23/h1-10,21-23H,(H,20,24). The first-order valence-corrected chi connectivity index (χ1v) is 7.12. The van der Waals surface area contributed by atoms with Gasteiger partial charge in [0, 0.05) is 5.56 Å². The summed E-state index contributed by atoms with van der Waals surface area (Å²) in [5.41, 5.74) is 2.61. The zero-order chi connectivity index (χ0) is 17.1. The number of phenolic OH excluding ortho intramolecular Hbond substituents is 3. The van der Waals surface area contributed by atoms with Gasteiger partial charge in [0.05, 0.1) is 11.8 Å². The summed E-state index contributed by atoms with van der Waals surface area (Å²) in [6.07, 6.45) is 1.20. The molecule has 0 unspecified atom stereocenters. The Morgan fingerprint density at radius 1 is 0.917 bits per heavy atom. The molecular weight excluding hydrogens is 308 g/mol. The summed E-state index contributed by atoms with van der Waals surface area (Å²) in [6.45, 7) is 0. The van der Waals surface area contributed by atoms with Crippen LogP contribution in [0.5, 0.6) is 17.2 Å². The molecule has 1 amide bonds. The van der Waals surface area contributed by atoms with Crippen molar-refractivity contribution in [1.29, 1.82) is 0 Å². The van der Waals surface area contributed by atoms with E-state index < -0.39 is 5.91 Å². The van der Waals surface area contributed by atoms with E-state index in [0.717, 1.165) is 10.8 Å². The molecule has 0 aromatic heterocycles. The van der Waals surface area contributed by atoms with Crippen molar-refractivity contribution in [3.05, 3.63) is 65.7 Å². The van der Waals surface area contributed by atoms with E-state index in [9.17, 15) is 20.1 Å². The van der Waals surface area contributed by atoms with E-state index >= 15 is 0 Å². The van der Waals surface area contributed by atoms with Crippen LogP contribution in [0.4, 0.5) is 0 Å². The second kappa shape index (κ2) is 6.29. The van der Waals surface area contributed by atoms with Crippen molar-refractivity contribution in [1.82, 2.24) is 5.43 Å². The molecule has 0 atom stereocenters. The molecule has 0 radical (unpaired) electrons. The van der Waals surface area contributed by atoms with E-state index in [1.165, 1.54) is 30.5 Å². The second-order valence-electron chi connectivity index (χ2n) is 5.16. The summed E-state index contributed by atoms with van der Waals surface area (Å²) in [7, 11) is 0. The maximum absolute atomic E-state index is 12.2. The van der Waals surface area contributed by atoms with Crippen molar-refractivity contribution in [2.45, 2.75) is 0 Å². The molecule has 0 saturated heterocycles. The highest BCUT2D eigenvalue weighted by molar-refractivity contribution is 6.01. The third kappa shape index (κ3) is 3.12. The van der Waals surface area contributed by atoms with Crippen LogP contribution >= 0.6 is 0 Å². The highest BCUT2D eigenvalue weighted by Crippen LogP contribution is 2.25. The van der Waals surface area contributed by atoms with Gasteiger partial charge >= 0.3 is 0 Å². The number of aromatic hydroxyl groups is 3. The van der Waals surface area contributed by atoms with Crippen molar-refractivity contribution in [2.24, 2.45) is 5.10 Å². The Hall–Kier alpha value is -3.54. The summed E-state index contributed by atoms with van der Waals surface area (Å²) < 4.78 is 0. The summed E-state index contributed by atoms with van der Waals surface area (Å²) in [6, 6.07) is 14.4. The van der Waals surface area contributed by atoms with Crippen LogP contribution in [-0.2, 0) is 0 Å². The first kappa shape index (κ1) is 15.4. The van der Waals surface area contributed by atoms with E-state index in [-0.39, 0.29) is 28.4 Å². The average molecular weight is 322 g/mol. The lowest BCUT2D eigenvalue weighted by atomic mass is 10.1. The number of hydrazone groups is 1. The van der Waals surface area contributed by atoms with Gasteiger partial charge in [0.15, 0.2) is 0 Å². The van der Waals surface area contributed by atoms with Crippen LogP contribution in [0.25, 0.3) is 10.8 Å². The highest BCUT2D eigenvalue weighted by atomic mass is 16.3. The predicted molar refractivity (Wildman–Crippen MR) is 90.4 cm³/mol. The van der Waals surface area contributed by atoms with Gasteiger partial charge in [-0.3, -0.25) is 4.79 Å². The van der Waals surface area contributed by atoms with Gasteiger partial charge in [0.25, 0.3) is 5.91 Å². The molecular formula is C18H14N2O4. The molecule has 0 saturated carbocycles. The smallest absolute Gasteiger partial charge is 0.275 e. The van der Waals surface area contributed by atoms with Crippen molar-refractivity contribution < 1.29 is 20.1 Å². The van der Waals surface area contributed by atoms with Crippen LogP contribution in [0.15, 0.2) is 59.7 Å². The van der Waals surface area contributed by atoms with Gasteiger partial charge in [-0.15, -0.1) is 0 Å². The molecule has 120 valence electrons. The minimum absolute atomic E-state index is 0.0345. The van der Waals surface area contributed by atoms with E-state index in [1.807, 2.05) is 24.3 Å². The van der Waals surface area contributed by atoms with Crippen LogP contribution in [0.1, 0.15) is 15.9 Å². The Balaban J connectivity index is 1.81. The number of fused-ring (bicyclic) bond motifs is 1. The Labute approximate surface area is 137 Å². The summed E-state index contributed by atoms with van der Waals surface area (Å²) in [4.78, 5) is 12.2. The van der Waals surface area contributed by atoms with Crippen LogP contribution < -0.4 is 5.43 Å². The lowest BCUT2D eigenvalue weighted by Gasteiger charge is -2.06. The van der Waals surface area contributed by atoms with Crippen molar-refractivity contribution in [3.63, 3.8) is 0 Å². The number of nitrogens with zero attached hydrogens (tertiary/aromatic N) is 1. The molecule has 0 aliphatic carbocycles. The lowest BCUT2D eigenvalue weighted by Crippen LogP contribution is -2.17. The fraction of sp³-hybridized carbons (Fsp3) is 0. The largest absolute Gasteiger partial charge is 0.508 e. The van der Waals surface area contributed by atoms with Gasteiger partial charge in [-0.05, 0) is 41.1 Å². The van der Waals surface area contributed by atoms with E-state index in [2.05, 4.69) is 10.5 Å². The Bertz CT molecular complexity index is 951. The minimum Gasteiger partial charge on any atom is -0.508 e. The van der Waals surface area contributed by atoms with Gasteiger partial charge in [0.1, 0.15) is 17.2 Å². The maximum Gasteiger partial charge on any atom is 0.275 e. The number of hydrogen-bond donors (Lipinski definition) is 4. The van der Waals surface area contributed by atoms with E-state index in [1.54, 1.807) is 6.07 Å². The van der Waals surface area contributed by atoms with Gasteiger partial charge in [0.2, 0.25) is 0 Å². The molecule has 0 aliphatic rings. The average Bonchev–Trinajstić information content (AvgIpc) is 2.57. The molecule has 0 bridgehead atoms. The zero-order valence-electron chi connectivity index (χ0n) is 12.5. The normalized spacial score (nSPS) is 11.0. The monoisotopic (exact) mass is 322 g/mol. The second-order valence-corrected chi connectivity index (χ2v) is 5.16. The van der Waals surface area contributed by atoms with Crippen LogP contribution in [0.3, 0.4) is 0 Å². The fourth-order valence-electron chi connectivity index (χ4n) is 2.28. The summed E-state index contributed by atoms with van der Waals surface area (Å²) in [5.74, 6) is -0.858. The van der Waals surface area contributed by atoms with Gasteiger partial charge < -0.3 is 15.3 Å². The number of nitrogens with one attached hydrogen (secondary N) is 1. The minimum atomic E-state index is -0.589. The first-order valence-electron chi connectivity index (χ1n) is 7.12. The Morgan fingerprint density at radius 3 is 2.38 bits per heavy atom. The Morgan fingerprint density at radius 2 is 1.62 bits per heavy atom. The predicted octanol–water partition coefficient (Wildman–Crippen LogP) is 2.72. The molecule has 0 heterocycles. The van der Waals surface area contributed by atoms with E-state index in [0.29, 0.717) is 0 Å². The lowest BCUT2D eigenvalue weighted by molar-refractivity contribution is 0.0952. The molecule has 6 nitrogen and oxygen atoms in total. The Kier molecular flexibility index (Phi) is 4.03. The molecule has 3 aromatic rings. The SMILES string of the molecule is O=C(NN=Cc1cc(O)ccc1O)c1cc2ccccc2cc1O. The van der Waals surface area contributed by atoms with Gasteiger partial charge in [-0.2, -0.15) is 5.10 Å². The maximum atomic E-state index is 12.2. The van der Waals surface area contributed by atoms with Crippen LogP contribution in [0, 0.1) is 0 Å². The quantitative estimate of drug-likeness (QED) is 0.338. The molecule has 3 aromatic carbocycles. The van der Waals surface area contributed by atoms with E-state index in [4.69, 9.17) is 0 Å². The summed E-state index contributed by atoms with van der Waals surface area (Å²) in [5, 5.41) is 34.4. The number of benzene rings is 3. The number of phenols is 3. The zero-order valence-corrected chi connectivity index (χ0v) is 12.5. The molecule has 3 rings (SSSR count). The third-order valence-corrected chi connectivity index (χ3v) is 3.49. The molecule has 0 fully saturated rings. The molecule has 24 heavy (non-hydrogen) atoms. The molecule has 6 heteroatoms. The summed E-state index contributed by atoms with van der Waals surface area (Å²) >= 11 is 0. The van der Waals surface area contributed by atoms with Crippen LogP contribution in [-0.4, -0.2) is 27.4 Å². The van der Waals surface area contributed by atoms with Crippen molar-refractivity contribution in [3.8, 4) is 17.2 Å². The third-order valence-electron chi connectivity index (χ3n) is 3.49. The molecule has 0 spiro atoms. The highest BCUT2D eigenvalue weighted by Gasteiger charge is 2.11. The van der Waals surface area contributed by atoms with Crippen LogP contribution in [0.2, 0.25) is 0 Å². The molecule has 0 aliphatic heterocycles. The number of amides is 1. The number of carbonyl (C=O) groups excluding carboxylic acids is 1. The van der Waals surface area contributed by atoms with Crippen molar-refractivity contribution in [2.75, 3.05) is 0 Å². The first-order chi connectivity index (χ1) is 11.5. The van der Waals surface area contributed by atoms with Gasteiger partial charge in [-0.25, -0.2) is 5.43 Å². The topological polar surface area (TPSA) is 102 Å². The fourth-order valence-corrected chi connectivity index (χ4v) is 2.28. The number of rotatable bonds is 3. The van der Waals surface area contributed by atoms with Crippen molar-refractivity contribution >= 4 is 22.9 Å². The number of hydrogen-bond acceptors (Lipinski definition) is 5. The molecule has 4 N–H and O–H groups in total. The number of carbonyl (C=O) groups is 1. The van der Waals surface area contributed by atoms with Gasteiger partial charge in [-0.1, -0.05) is 24.3 Å².